The fourth-order valence-electron chi connectivity index (χ4n) is 0.316. The molecule has 0 saturated heterocycles. The van der Waals surface area contributed by atoms with Gasteiger partial charge in [0.25, 0.3) is 0 Å². The van der Waals surface area contributed by atoms with Crippen LogP contribution in [0.5, 0.6) is 0 Å². The normalized spacial score (nSPS) is 14.1. The Bertz CT molecular complexity index is 39.1. The fraction of sp³-hybridized carbons (Fsp3) is 1.00. The van der Waals surface area contributed by atoms with Crippen LogP contribution in [-0.2, 0) is 0 Å². The second-order valence-corrected chi connectivity index (χ2v) is 1.62. The minimum Gasteiger partial charge on any atom is -0.396 e. The summed E-state index contributed by atoms with van der Waals surface area (Å²) in [5, 5.41) is 12.2. The average Bonchev–Trinajstić information content (AvgIpc) is 1.68. The molecule has 2 nitrogen and oxygen atoms in total. The number of aliphatic hydroxyl groups excluding tert-OH is 1. The van der Waals surface area contributed by atoms with E-state index in [1.165, 1.54) is 0 Å². The van der Waals surface area contributed by atoms with Crippen LogP contribution in [0.15, 0.2) is 0 Å². The molecule has 0 aromatic heterocycles. The van der Waals surface area contributed by atoms with E-state index in [1.807, 2.05) is 6.92 Å². The highest BCUT2D eigenvalue weighted by Gasteiger charge is 1.93. The summed E-state index contributed by atoms with van der Waals surface area (Å²) in [6, 6.07) is 0.324. The highest BCUT2D eigenvalue weighted by molar-refractivity contribution is 4.52. The maximum Gasteiger partial charge on any atom is 0.0446 e. The van der Waals surface area contributed by atoms with Gasteiger partial charge >= 0.3 is 0 Å². The molecule has 0 spiro atoms. The third kappa shape index (κ3) is 3.76. The first-order valence-electron chi connectivity index (χ1n) is 2.51. The Labute approximate surface area is 44.5 Å². The number of aliphatic hydroxyl groups is 1. The van der Waals surface area contributed by atoms with Crippen molar-refractivity contribution in [1.29, 1.82) is 0 Å². The summed E-state index contributed by atoms with van der Waals surface area (Å²) < 4.78 is 0. The lowest BCUT2D eigenvalue weighted by molar-refractivity contribution is 0.271. The van der Waals surface area contributed by atoms with E-state index >= 15 is 0 Å². The summed E-state index contributed by atoms with van der Waals surface area (Å²) in [5.41, 5.74) is 0. The van der Waals surface area contributed by atoms with Gasteiger partial charge in [0.15, 0.2) is 0 Å². The summed E-state index contributed by atoms with van der Waals surface area (Å²) in [6.07, 6.45) is 0.788. The molecule has 0 aliphatic carbocycles. The van der Waals surface area contributed by atoms with Crippen LogP contribution in [0.1, 0.15) is 13.3 Å². The van der Waals surface area contributed by atoms with E-state index in [0.717, 1.165) is 6.42 Å². The van der Waals surface area contributed by atoms with Crippen molar-refractivity contribution in [2.24, 2.45) is 0 Å². The zero-order valence-corrected chi connectivity index (χ0v) is 4.89. The van der Waals surface area contributed by atoms with E-state index < -0.39 is 0 Å². The molecule has 0 aliphatic rings. The molecule has 0 aromatic carbocycles. The Morgan fingerprint density at radius 3 is 2.43 bits per heavy atom. The Morgan fingerprint density at radius 2 is 2.29 bits per heavy atom. The van der Waals surface area contributed by atoms with Crippen molar-refractivity contribution in [3.63, 3.8) is 0 Å². The van der Waals surface area contributed by atoms with Crippen LogP contribution in [0.3, 0.4) is 0 Å². The molecule has 0 aliphatic heterocycles. The predicted molar refractivity (Wildman–Crippen MR) is 29.2 cm³/mol. The molecule has 1 unspecified atom stereocenters. The van der Waals surface area contributed by atoms with Gasteiger partial charge in [0, 0.05) is 19.7 Å². The first-order chi connectivity index (χ1) is 3.31. The molecule has 0 aromatic rings. The second-order valence-electron chi connectivity index (χ2n) is 1.62. The maximum absolute atomic E-state index is 8.31. The lowest BCUT2D eigenvalue weighted by Crippen LogP contribution is -2.14. The van der Waals surface area contributed by atoms with Gasteiger partial charge in [0.05, 0.1) is 0 Å². The van der Waals surface area contributed by atoms with E-state index in [9.17, 15) is 0 Å². The molecule has 0 rings (SSSR count). The number of hydrogen-bond acceptors (Lipinski definition) is 1. The fourth-order valence-corrected chi connectivity index (χ4v) is 0.316. The lowest BCUT2D eigenvalue weighted by atomic mass is 10.2. The van der Waals surface area contributed by atoms with Crippen molar-refractivity contribution in [3.05, 3.63) is 0 Å². The molecule has 0 bridgehead atoms. The van der Waals surface area contributed by atoms with Gasteiger partial charge in [0.2, 0.25) is 0 Å². The van der Waals surface area contributed by atoms with Crippen LogP contribution >= 0.6 is 0 Å². The van der Waals surface area contributed by atoms with Crippen LogP contribution in [0.25, 0.3) is 0 Å². The highest BCUT2D eigenvalue weighted by Crippen LogP contribution is 1.85. The van der Waals surface area contributed by atoms with Crippen molar-refractivity contribution in [2.75, 3.05) is 13.7 Å². The molecular formula is C5H12NO. The summed E-state index contributed by atoms with van der Waals surface area (Å²) in [6.45, 7) is 2.23. The van der Waals surface area contributed by atoms with E-state index in [1.54, 1.807) is 7.05 Å². The smallest absolute Gasteiger partial charge is 0.0446 e. The third-order valence-electron chi connectivity index (χ3n) is 0.988. The lowest BCUT2D eigenvalue weighted by Gasteiger charge is -2.02. The average molecular weight is 102 g/mol. The molecule has 0 fully saturated rings. The number of hydrogen-bond donors (Lipinski definition) is 1. The van der Waals surface area contributed by atoms with Gasteiger partial charge in [-0.1, -0.05) is 0 Å². The molecule has 0 saturated carbocycles. The highest BCUT2D eigenvalue weighted by atomic mass is 16.3. The molecule has 1 N–H and O–H groups in total. The van der Waals surface area contributed by atoms with Crippen molar-refractivity contribution in [2.45, 2.75) is 19.4 Å². The van der Waals surface area contributed by atoms with Crippen LogP contribution in [0.2, 0.25) is 0 Å². The van der Waals surface area contributed by atoms with E-state index in [-0.39, 0.29) is 6.61 Å². The van der Waals surface area contributed by atoms with Crippen molar-refractivity contribution >= 4 is 0 Å². The first-order valence-corrected chi connectivity index (χ1v) is 2.51. The van der Waals surface area contributed by atoms with Gasteiger partial charge in [-0.25, -0.2) is 5.32 Å². The van der Waals surface area contributed by atoms with Crippen molar-refractivity contribution in [1.82, 2.24) is 5.32 Å². The Morgan fingerprint density at radius 1 is 1.71 bits per heavy atom. The molecular weight excluding hydrogens is 90.1 g/mol. The first kappa shape index (κ1) is 6.92. The molecule has 2 heteroatoms. The topological polar surface area (TPSA) is 34.3 Å². The summed E-state index contributed by atoms with van der Waals surface area (Å²) in [5.74, 6) is 0. The van der Waals surface area contributed by atoms with E-state index in [4.69, 9.17) is 5.11 Å². The molecule has 43 valence electrons. The van der Waals surface area contributed by atoms with Crippen LogP contribution in [-0.4, -0.2) is 24.8 Å². The largest absolute Gasteiger partial charge is 0.396 e. The zero-order chi connectivity index (χ0) is 5.70. The number of rotatable bonds is 3. The molecule has 1 radical (unpaired) electrons. The Balaban J connectivity index is 2.83. The summed E-state index contributed by atoms with van der Waals surface area (Å²) in [7, 11) is 1.76. The maximum atomic E-state index is 8.31. The van der Waals surface area contributed by atoms with E-state index in [2.05, 4.69) is 5.32 Å². The molecule has 0 heterocycles. The SMILES string of the molecule is C[N]C(C)CCO. The third-order valence-corrected chi connectivity index (χ3v) is 0.988. The Hall–Kier alpha value is -0.0800. The van der Waals surface area contributed by atoms with Crippen LogP contribution in [0, 0.1) is 0 Å². The van der Waals surface area contributed by atoms with Gasteiger partial charge in [-0.05, 0) is 13.3 Å². The van der Waals surface area contributed by atoms with Crippen LogP contribution in [0.4, 0.5) is 0 Å². The van der Waals surface area contributed by atoms with Gasteiger partial charge in [-0.15, -0.1) is 0 Å². The standard InChI is InChI=1S/C5H12NO/c1-5(6-2)3-4-7/h5,7H,3-4H2,1-2H3. The minimum atomic E-state index is 0.249. The second kappa shape index (κ2) is 4.09. The summed E-state index contributed by atoms with van der Waals surface area (Å²) in [4.78, 5) is 0. The van der Waals surface area contributed by atoms with Gasteiger partial charge in [0.1, 0.15) is 0 Å². The monoisotopic (exact) mass is 102 g/mol. The predicted octanol–water partition coefficient (Wildman–Crippen LogP) is -0.00850. The van der Waals surface area contributed by atoms with Crippen molar-refractivity contribution < 1.29 is 5.11 Å². The zero-order valence-electron chi connectivity index (χ0n) is 4.89. The quantitative estimate of drug-likeness (QED) is 0.534. The van der Waals surface area contributed by atoms with Crippen molar-refractivity contribution in [3.8, 4) is 0 Å². The molecule has 7 heavy (non-hydrogen) atoms. The van der Waals surface area contributed by atoms with E-state index in [0.29, 0.717) is 6.04 Å². The summed E-state index contributed by atoms with van der Waals surface area (Å²) >= 11 is 0. The Kier molecular flexibility index (Phi) is 4.04. The molecule has 0 amide bonds. The van der Waals surface area contributed by atoms with Gasteiger partial charge in [-0.2, -0.15) is 0 Å². The number of nitrogens with zero attached hydrogens (tertiary/aromatic N) is 1. The minimum absolute atomic E-state index is 0.249. The van der Waals surface area contributed by atoms with Gasteiger partial charge in [-0.3, -0.25) is 0 Å². The van der Waals surface area contributed by atoms with Gasteiger partial charge < -0.3 is 5.11 Å². The van der Waals surface area contributed by atoms with Crippen LogP contribution < -0.4 is 5.32 Å². The molecule has 1 atom stereocenters.